The van der Waals surface area contributed by atoms with Gasteiger partial charge in [-0.3, -0.25) is 4.79 Å². The summed E-state index contributed by atoms with van der Waals surface area (Å²) in [6, 6.07) is 12.7. The summed E-state index contributed by atoms with van der Waals surface area (Å²) in [6.45, 7) is 0.994. The SMILES string of the molecule is O=C(/C=C/c1cc(Cl)c2c(c1)OCCO2)c1ccccc1. The van der Waals surface area contributed by atoms with Crippen molar-refractivity contribution in [2.24, 2.45) is 0 Å². The van der Waals surface area contributed by atoms with Gasteiger partial charge < -0.3 is 9.47 Å². The van der Waals surface area contributed by atoms with E-state index in [-0.39, 0.29) is 5.78 Å². The van der Waals surface area contributed by atoms with E-state index in [0.29, 0.717) is 35.3 Å². The summed E-state index contributed by atoms with van der Waals surface area (Å²) in [6.07, 6.45) is 3.25. The summed E-state index contributed by atoms with van der Waals surface area (Å²) < 4.78 is 11.0. The van der Waals surface area contributed by atoms with Gasteiger partial charge in [0.15, 0.2) is 17.3 Å². The van der Waals surface area contributed by atoms with E-state index >= 15 is 0 Å². The predicted octanol–water partition coefficient (Wildman–Crippen LogP) is 4.01. The molecule has 0 saturated carbocycles. The molecule has 0 aromatic heterocycles. The first kappa shape index (κ1) is 13.7. The largest absolute Gasteiger partial charge is 0.486 e. The highest BCUT2D eigenvalue weighted by Crippen LogP contribution is 2.38. The Bertz CT molecular complexity index is 693. The van der Waals surface area contributed by atoms with E-state index in [2.05, 4.69) is 0 Å². The van der Waals surface area contributed by atoms with Crippen LogP contribution >= 0.6 is 11.6 Å². The molecule has 3 nitrogen and oxygen atoms in total. The van der Waals surface area contributed by atoms with Gasteiger partial charge in [0.1, 0.15) is 13.2 Å². The molecule has 0 spiro atoms. The Kier molecular flexibility index (Phi) is 3.93. The molecule has 0 radical (unpaired) electrons. The van der Waals surface area contributed by atoms with Crippen LogP contribution in [0.4, 0.5) is 0 Å². The summed E-state index contributed by atoms with van der Waals surface area (Å²) in [4.78, 5) is 12.0. The van der Waals surface area contributed by atoms with Gasteiger partial charge in [-0.2, -0.15) is 0 Å². The summed E-state index contributed by atoms with van der Waals surface area (Å²) in [5, 5.41) is 0.485. The number of hydrogen-bond donors (Lipinski definition) is 0. The molecular weight excluding hydrogens is 288 g/mol. The molecule has 0 unspecified atom stereocenters. The molecule has 3 rings (SSSR count). The molecule has 0 bridgehead atoms. The number of ether oxygens (including phenoxy) is 2. The van der Waals surface area contributed by atoms with Crippen molar-refractivity contribution in [3.63, 3.8) is 0 Å². The van der Waals surface area contributed by atoms with Crippen molar-refractivity contribution in [2.75, 3.05) is 13.2 Å². The fourth-order valence-electron chi connectivity index (χ4n) is 2.10. The third kappa shape index (κ3) is 3.09. The normalized spacial score (nSPS) is 13.4. The van der Waals surface area contributed by atoms with Crippen LogP contribution in [0.5, 0.6) is 11.5 Å². The second-order valence-corrected chi connectivity index (χ2v) is 5.00. The van der Waals surface area contributed by atoms with Crippen LogP contribution in [-0.4, -0.2) is 19.0 Å². The Balaban J connectivity index is 1.83. The lowest BCUT2D eigenvalue weighted by molar-refractivity contribution is 0.104. The van der Waals surface area contributed by atoms with Gasteiger partial charge in [-0.15, -0.1) is 0 Å². The molecule has 1 aliphatic heterocycles. The monoisotopic (exact) mass is 300 g/mol. The molecule has 1 aliphatic rings. The zero-order chi connectivity index (χ0) is 14.7. The number of fused-ring (bicyclic) bond motifs is 1. The summed E-state index contributed by atoms with van der Waals surface area (Å²) in [5.41, 5.74) is 1.45. The lowest BCUT2D eigenvalue weighted by atomic mass is 10.1. The maximum absolute atomic E-state index is 12.0. The van der Waals surface area contributed by atoms with E-state index < -0.39 is 0 Å². The molecule has 21 heavy (non-hydrogen) atoms. The molecule has 0 amide bonds. The lowest BCUT2D eigenvalue weighted by Crippen LogP contribution is -2.15. The van der Waals surface area contributed by atoms with Crippen molar-refractivity contribution in [3.8, 4) is 11.5 Å². The first-order chi connectivity index (χ1) is 10.2. The molecule has 1 heterocycles. The number of benzene rings is 2. The fourth-order valence-corrected chi connectivity index (χ4v) is 2.37. The molecule has 0 aliphatic carbocycles. The lowest BCUT2D eigenvalue weighted by Gasteiger charge is -2.19. The number of rotatable bonds is 3. The predicted molar refractivity (Wildman–Crippen MR) is 82.2 cm³/mol. The number of ketones is 1. The van der Waals surface area contributed by atoms with Crippen LogP contribution in [0.15, 0.2) is 48.5 Å². The highest BCUT2D eigenvalue weighted by atomic mass is 35.5. The maximum atomic E-state index is 12.0. The van der Waals surface area contributed by atoms with Crippen LogP contribution in [0.25, 0.3) is 6.08 Å². The molecule has 0 N–H and O–H groups in total. The second kappa shape index (κ2) is 6.02. The average Bonchev–Trinajstić information content (AvgIpc) is 2.53. The van der Waals surface area contributed by atoms with Crippen molar-refractivity contribution in [2.45, 2.75) is 0 Å². The number of allylic oxidation sites excluding steroid dienone is 1. The molecule has 0 saturated heterocycles. The minimum Gasteiger partial charge on any atom is -0.486 e. The number of carbonyl (C=O) groups is 1. The Morgan fingerprint density at radius 1 is 1.10 bits per heavy atom. The number of halogens is 1. The number of hydrogen-bond acceptors (Lipinski definition) is 3. The third-order valence-electron chi connectivity index (χ3n) is 3.10. The van der Waals surface area contributed by atoms with Crippen LogP contribution in [0.2, 0.25) is 5.02 Å². The first-order valence-electron chi connectivity index (χ1n) is 6.60. The third-order valence-corrected chi connectivity index (χ3v) is 3.39. The van der Waals surface area contributed by atoms with Crippen molar-refractivity contribution >= 4 is 23.5 Å². The van der Waals surface area contributed by atoms with E-state index in [1.807, 2.05) is 24.3 Å². The van der Waals surface area contributed by atoms with Crippen molar-refractivity contribution in [3.05, 3.63) is 64.7 Å². The standard InChI is InChI=1S/C17H13ClO3/c18-14-10-12(11-16-17(14)21-9-8-20-16)6-7-15(19)13-4-2-1-3-5-13/h1-7,10-11H,8-9H2/b7-6+. The van der Waals surface area contributed by atoms with Crippen LogP contribution < -0.4 is 9.47 Å². The quantitative estimate of drug-likeness (QED) is 0.635. The fraction of sp³-hybridized carbons (Fsp3) is 0.118. The van der Waals surface area contributed by atoms with Gasteiger partial charge in [0.05, 0.1) is 5.02 Å². The zero-order valence-electron chi connectivity index (χ0n) is 11.2. The van der Waals surface area contributed by atoms with Gasteiger partial charge in [-0.1, -0.05) is 48.0 Å². The van der Waals surface area contributed by atoms with E-state index in [9.17, 15) is 4.79 Å². The summed E-state index contributed by atoms with van der Waals surface area (Å²) >= 11 is 6.16. The van der Waals surface area contributed by atoms with Crippen LogP contribution in [0.3, 0.4) is 0 Å². The Morgan fingerprint density at radius 3 is 2.67 bits per heavy atom. The Morgan fingerprint density at radius 2 is 1.86 bits per heavy atom. The Labute approximate surface area is 127 Å². The van der Waals surface area contributed by atoms with Gasteiger partial charge in [0.2, 0.25) is 0 Å². The number of carbonyl (C=O) groups excluding carboxylic acids is 1. The smallest absolute Gasteiger partial charge is 0.185 e. The van der Waals surface area contributed by atoms with Crippen LogP contribution in [-0.2, 0) is 0 Å². The zero-order valence-corrected chi connectivity index (χ0v) is 12.0. The van der Waals surface area contributed by atoms with E-state index in [4.69, 9.17) is 21.1 Å². The van der Waals surface area contributed by atoms with E-state index in [1.165, 1.54) is 6.08 Å². The van der Waals surface area contributed by atoms with Crippen LogP contribution in [0.1, 0.15) is 15.9 Å². The first-order valence-corrected chi connectivity index (χ1v) is 6.98. The highest BCUT2D eigenvalue weighted by molar-refractivity contribution is 6.32. The highest BCUT2D eigenvalue weighted by Gasteiger charge is 2.15. The summed E-state index contributed by atoms with van der Waals surface area (Å²) in [5.74, 6) is 1.12. The van der Waals surface area contributed by atoms with Crippen molar-refractivity contribution in [1.29, 1.82) is 0 Å². The molecule has 2 aromatic rings. The minimum atomic E-state index is -0.0541. The van der Waals surface area contributed by atoms with Crippen molar-refractivity contribution in [1.82, 2.24) is 0 Å². The topological polar surface area (TPSA) is 35.5 Å². The van der Waals surface area contributed by atoms with E-state index in [0.717, 1.165) is 5.56 Å². The second-order valence-electron chi connectivity index (χ2n) is 4.59. The molecular formula is C17H13ClO3. The van der Waals surface area contributed by atoms with Gasteiger partial charge >= 0.3 is 0 Å². The van der Waals surface area contributed by atoms with E-state index in [1.54, 1.807) is 24.3 Å². The maximum Gasteiger partial charge on any atom is 0.185 e. The van der Waals surface area contributed by atoms with Gasteiger partial charge in [-0.05, 0) is 23.8 Å². The van der Waals surface area contributed by atoms with Crippen molar-refractivity contribution < 1.29 is 14.3 Å². The molecule has 4 heteroatoms. The molecule has 0 atom stereocenters. The van der Waals surface area contributed by atoms with Crippen LogP contribution in [0, 0.1) is 0 Å². The summed E-state index contributed by atoms with van der Waals surface area (Å²) in [7, 11) is 0. The molecule has 106 valence electrons. The molecule has 2 aromatic carbocycles. The average molecular weight is 301 g/mol. The van der Waals surface area contributed by atoms with Gasteiger partial charge in [0.25, 0.3) is 0 Å². The van der Waals surface area contributed by atoms with Gasteiger partial charge in [0, 0.05) is 5.56 Å². The minimum absolute atomic E-state index is 0.0541. The van der Waals surface area contributed by atoms with Gasteiger partial charge in [-0.25, -0.2) is 0 Å². The Hall–Kier alpha value is -2.26. The molecule has 0 fully saturated rings.